The van der Waals surface area contributed by atoms with Gasteiger partial charge in [-0.15, -0.1) is 0 Å². The summed E-state index contributed by atoms with van der Waals surface area (Å²) in [7, 11) is 0. The molecule has 0 unspecified atom stereocenters. The number of carbonyl (C=O) groups excluding carboxylic acids is 1. The van der Waals surface area contributed by atoms with E-state index in [4.69, 9.17) is 18.0 Å². The predicted octanol–water partition coefficient (Wildman–Crippen LogP) is 1.25. The minimum absolute atomic E-state index is 0.0894. The molecule has 2 bridgehead atoms. The minimum Gasteiger partial charge on any atom is -0.501 e. The summed E-state index contributed by atoms with van der Waals surface area (Å²) >= 11 is 5.05. The summed E-state index contributed by atoms with van der Waals surface area (Å²) < 4.78 is 14.5. The third kappa shape index (κ3) is 3.62. The highest BCUT2D eigenvalue weighted by Crippen LogP contribution is 2.42. The van der Waals surface area contributed by atoms with Gasteiger partial charge in [0.15, 0.2) is 10.8 Å². The second kappa shape index (κ2) is 7.67. The van der Waals surface area contributed by atoms with Crippen molar-refractivity contribution in [3.63, 3.8) is 0 Å². The second-order valence-electron chi connectivity index (χ2n) is 7.87. The van der Waals surface area contributed by atoms with E-state index in [2.05, 4.69) is 15.6 Å². The smallest absolute Gasteiger partial charge is 0.296 e. The van der Waals surface area contributed by atoms with E-state index < -0.39 is 22.8 Å². The van der Waals surface area contributed by atoms with Crippen molar-refractivity contribution in [1.82, 2.24) is 20.2 Å². The van der Waals surface area contributed by atoms with Crippen LogP contribution in [0.25, 0.3) is 0 Å². The van der Waals surface area contributed by atoms with Crippen LogP contribution in [-0.4, -0.2) is 25.7 Å². The number of thiocarbonyl (C=S) groups is 1. The first-order valence-electron chi connectivity index (χ1n) is 9.73. The molecule has 2 aliphatic heterocycles. The Hall–Kier alpha value is -3.01. The predicted molar refractivity (Wildman–Crippen MR) is 111 cm³/mol. The van der Waals surface area contributed by atoms with Gasteiger partial charge in [0.05, 0.1) is 5.54 Å². The van der Waals surface area contributed by atoms with E-state index in [-0.39, 0.29) is 29.1 Å². The monoisotopic (exact) mass is 431 g/mol. The molecule has 1 saturated carbocycles. The first-order valence-corrected chi connectivity index (χ1v) is 10.1. The van der Waals surface area contributed by atoms with E-state index in [1.54, 1.807) is 0 Å². The van der Waals surface area contributed by atoms with Gasteiger partial charge in [-0.25, -0.2) is 9.37 Å². The Morgan fingerprint density at radius 1 is 1.33 bits per heavy atom. The zero-order chi connectivity index (χ0) is 21.5. The Kier molecular flexibility index (Phi) is 5.19. The lowest BCUT2D eigenvalue weighted by atomic mass is 9.77. The highest BCUT2D eigenvalue weighted by Gasteiger charge is 2.45. The SMILES string of the molecule is NC(=S)NC12CCC(CC1)Cn1c2nc(C(=O)NCc2ccc(F)cc2)c(O)c1=O. The third-order valence-corrected chi connectivity index (χ3v) is 6.02. The Balaban J connectivity index is 1.70. The van der Waals surface area contributed by atoms with Crippen molar-refractivity contribution in [2.75, 3.05) is 0 Å². The number of hydrogen-bond donors (Lipinski definition) is 4. The lowest BCUT2D eigenvalue weighted by Gasteiger charge is -2.37. The van der Waals surface area contributed by atoms with Gasteiger partial charge in [0.25, 0.3) is 11.5 Å². The van der Waals surface area contributed by atoms with Gasteiger partial charge in [0, 0.05) is 13.1 Å². The molecule has 0 atom stereocenters. The standard InChI is InChI=1S/C20H22FN5O3S/c21-13-3-1-11(2-4-13)9-23-16(28)14-15(27)17(29)26-10-12-5-7-20(8-6-12,18(26)24-14)25-19(22)30/h1-4,12,27H,5-10H2,(H,23,28)(H3,22,25,30). The summed E-state index contributed by atoms with van der Waals surface area (Å²) in [5.74, 6) is -1.12. The molecule has 1 aromatic heterocycles. The molecule has 2 aromatic rings. The van der Waals surface area contributed by atoms with Gasteiger partial charge in [-0.3, -0.25) is 14.2 Å². The molecule has 3 heterocycles. The van der Waals surface area contributed by atoms with Crippen LogP contribution in [0.3, 0.4) is 0 Å². The van der Waals surface area contributed by atoms with Crippen LogP contribution in [0.4, 0.5) is 4.39 Å². The number of carbonyl (C=O) groups is 1. The van der Waals surface area contributed by atoms with E-state index >= 15 is 0 Å². The number of fused-ring (bicyclic) bond motifs is 2. The summed E-state index contributed by atoms with van der Waals surface area (Å²) in [5.41, 5.74) is 4.66. The number of hydrogen-bond acceptors (Lipinski definition) is 5. The van der Waals surface area contributed by atoms with Gasteiger partial charge >= 0.3 is 0 Å². The summed E-state index contributed by atoms with van der Waals surface area (Å²) in [5, 5.41) is 16.2. The maximum atomic E-state index is 13.0. The zero-order valence-corrected chi connectivity index (χ0v) is 17.0. The second-order valence-corrected chi connectivity index (χ2v) is 8.31. The molecular formula is C20H22FN5O3S. The lowest BCUT2D eigenvalue weighted by Crippen LogP contribution is -2.51. The molecule has 158 valence electrons. The Morgan fingerprint density at radius 2 is 2.00 bits per heavy atom. The highest BCUT2D eigenvalue weighted by atomic mass is 32.1. The lowest BCUT2D eigenvalue weighted by molar-refractivity contribution is 0.0941. The van der Waals surface area contributed by atoms with Crippen molar-refractivity contribution < 1.29 is 14.3 Å². The molecule has 0 saturated heterocycles. The molecule has 5 rings (SSSR count). The van der Waals surface area contributed by atoms with Crippen molar-refractivity contribution in [2.24, 2.45) is 11.7 Å². The fourth-order valence-corrected chi connectivity index (χ4v) is 4.55. The van der Waals surface area contributed by atoms with Crippen LogP contribution in [-0.2, 0) is 18.6 Å². The van der Waals surface area contributed by atoms with Gasteiger partial charge in [0.2, 0.25) is 5.75 Å². The number of amides is 1. The van der Waals surface area contributed by atoms with Crippen LogP contribution < -0.4 is 21.9 Å². The van der Waals surface area contributed by atoms with E-state index in [0.717, 1.165) is 12.8 Å². The van der Waals surface area contributed by atoms with E-state index in [0.29, 0.717) is 30.8 Å². The molecule has 1 fully saturated rings. The van der Waals surface area contributed by atoms with E-state index in [1.807, 2.05) is 0 Å². The third-order valence-electron chi connectivity index (χ3n) is 5.92. The van der Waals surface area contributed by atoms with Crippen molar-refractivity contribution in [2.45, 2.75) is 44.3 Å². The van der Waals surface area contributed by atoms with E-state index in [1.165, 1.54) is 28.8 Å². The zero-order valence-electron chi connectivity index (χ0n) is 16.2. The Labute approximate surface area is 177 Å². The van der Waals surface area contributed by atoms with Crippen molar-refractivity contribution in [1.29, 1.82) is 0 Å². The fourth-order valence-electron chi connectivity index (χ4n) is 4.36. The molecule has 5 N–H and O–H groups in total. The topological polar surface area (TPSA) is 122 Å². The van der Waals surface area contributed by atoms with Crippen LogP contribution in [0.5, 0.6) is 5.75 Å². The van der Waals surface area contributed by atoms with E-state index in [9.17, 15) is 19.1 Å². The van der Waals surface area contributed by atoms with Gasteiger partial charge in [0.1, 0.15) is 11.6 Å². The van der Waals surface area contributed by atoms with Crippen LogP contribution in [0.15, 0.2) is 29.1 Å². The number of aromatic nitrogens is 2. The average Bonchev–Trinajstić information content (AvgIpc) is 2.95. The number of nitrogens with zero attached hydrogens (tertiary/aromatic N) is 2. The number of nitrogens with one attached hydrogen (secondary N) is 2. The molecule has 8 nitrogen and oxygen atoms in total. The molecule has 1 amide bonds. The first kappa shape index (κ1) is 20.3. The van der Waals surface area contributed by atoms with Crippen LogP contribution in [0.1, 0.15) is 47.6 Å². The van der Waals surface area contributed by atoms with Crippen molar-refractivity contribution >= 4 is 23.2 Å². The normalized spacial score (nSPS) is 22.1. The molecular weight excluding hydrogens is 409 g/mol. The van der Waals surface area contributed by atoms with Crippen molar-refractivity contribution in [3.8, 4) is 5.75 Å². The van der Waals surface area contributed by atoms with Gasteiger partial charge in [-0.1, -0.05) is 12.1 Å². The van der Waals surface area contributed by atoms with Crippen molar-refractivity contribution in [3.05, 3.63) is 57.5 Å². The summed E-state index contributed by atoms with van der Waals surface area (Å²) in [6, 6.07) is 5.64. The Bertz CT molecular complexity index is 1060. The number of rotatable bonds is 4. The largest absolute Gasteiger partial charge is 0.501 e. The minimum atomic E-state index is -0.752. The quantitative estimate of drug-likeness (QED) is 0.538. The van der Waals surface area contributed by atoms with Crippen LogP contribution >= 0.6 is 12.2 Å². The molecule has 30 heavy (non-hydrogen) atoms. The number of benzene rings is 1. The summed E-state index contributed by atoms with van der Waals surface area (Å²) in [6.07, 6.45) is 3.04. The molecule has 3 aliphatic rings. The average molecular weight is 431 g/mol. The number of aromatic hydroxyl groups is 1. The van der Waals surface area contributed by atoms with Crippen LogP contribution in [0, 0.1) is 11.7 Å². The van der Waals surface area contributed by atoms with Gasteiger partial charge in [-0.2, -0.15) is 0 Å². The van der Waals surface area contributed by atoms with Crippen LogP contribution in [0.2, 0.25) is 0 Å². The molecule has 0 spiro atoms. The Morgan fingerprint density at radius 3 is 2.63 bits per heavy atom. The summed E-state index contributed by atoms with van der Waals surface area (Å²) in [6.45, 7) is 0.518. The number of nitrogens with two attached hydrogens (primary N) is 1. The highest BCUT2D eigenvalue weighted by molar-refractivity contribution is 7.80. The van der Waals surface area contributed by atoms with Gasteiger partial charge < -0.3 is 21.5 Å². The molecule has 1 aromatic carbocycles. The molecule has 1 aliphatic carbocycles. The molecule has 10 heteroatoms. The maximum Gasteiger partial charge on any atom is 0.296 e. The fraction of sp³-hybridized carbons (Fsp3) is 0.400. The first-order chi connectivity index (χ1) is 14.3. The number of halogens is 1. The molecule has 0 radical (unpaired) electrons. The summed E-state index contributed by atoms with van der Waals surface area (Å²) in [4.78, 5) is 30.1. The maximum absolute atomic E-state index is 13.0. The van der Waals surface area contributed by atoms with Gasteiger partial charge in [-0.05, 0) is 61.5 Å².